The summed E-state index contributed by atoms with van der Waals surface area (Å²) in [5, 5.41) is 0. The minimum absolute atomic E-state index is 0.0417. The molecule has 1 amide bonds. The highest BCUT2D eigenvalue weighted by Crippen LogP contribution is 2.24. The Labute approximate surface area is 144 Å². The third kappa shape index (κ3) is 4.97. The number of hydrogen-bond acceptors (Lipinski definition) is 4. The van der Waals surface area contributed by atoms with Gasteiger partial charge in [-0.05, 0) is 59.1 Å². The first-order chi connectivity index (χ1) is 11.1. The monoisotopic (exact) mass is 353 g/mol. The molecule has 1 aliphatic heterocycles. The lowest BCUT2D eigenvalue weighted by Gasteiger charge is -2.28. The average Bonchev–Trinajstić information content (AvgIpc) is 2.92. The molecule has 1 atom stereocenters. The summed E-state index contributed by atoms with van der Waals surface area (Å²) in [5.41, 5.74) is 0.485. The molecule has 6 heteroatoms. The second kappa shape index (κ2) is 7.13. The molecule has 2 rings (SSSR count). The Kier molecular flexibility index (Phi) is 5.58. The predicted octanol–water partition coefficient (Wildman–Crippen LogP) is 3.56. The van der Waals surface area contributed by atoms with Crippen molar-refractivity contribution in [2.75, 3.05) is 12.3 Å². The number of hydrogen-bond donors (Lipinski definition) is 0. The second-order valence-electron chi connectivity index (χ2n) is 7.39. The van der Waals surface area contributed by atoms with Gasteiger partial charge in [0.15, 0.2) is 9.84 Å². The van der Waals surface area contributed by atoms with Crippen molar-refractivity contribution in [2.24, 2.45) is 0 Å². The fourth-order valence-corrected chi connectivity index (χ4v) is 4.22. The van der Waals surface area contributed by atoms with Crippen LogP contribution in [0.1, 0.15) is 45.6 Å². The SMILES string of the molecule is Cc1ccc(S(=O)(=O)CC[C@@H]2CCCN2C(=O)OC(C)(C)C)cc1. The molecule has 0 aromatic heterocycles. The molecule has 0 spiro atoms. The summed E-state index contributed by atoms with van der Waals surface area (Å²) in [4.78, 5) is 14.3. The molecule has 0 bridgehead atoms. The number of amides is 1. The zero-order valence-corrected chi connectivity index (χ0v) is 15.7. The Morgan fingerprint density at radius 1 is 1.25 bits per heavy atom. The van der Waals surface area contributed by atoms with Crippen LogP contribution in [-0.4, -0.2) is 43.4 Å². The van der Waals surface area contributed by atoms with E-state index in [4.69, 9.17) is 4.74 Å². The quantitative estimate of drug-likeness (QED) is 0.830. The number of carbonyl (C=O) groups excluding carboxylic acids is 1. The van der Waals surface area contributed by atoms with Crippen LogP contribution in [-0.2, 0) is 14.6 Å². The smallest absolute Gasteiger partial charge is 0.410 e. The third-order valence-corrected chi connectivity index (χ3v) is 5.87. The van der Waals surface area contributed by atoms with Gasteiger partial charge < -0.3 is 9.64 Å². The Hall–Kier alpha value is -1.56. The van der Waals surface area contributed by atoms with E-state index in [1.165, 1.54) is 0 Å². The number of benzene rings is 1. The molecule has 1 aromatic rings. The lowest BCUT2D eigenvalue weighted by atomic mass is 10.2. The van der Waals surface area contributed by atoms with E-state index in [2.05, 4.69) is 0 Å². The van der Waals surface area contributed by atoms with Crippen LogP contribution in [0.25, 0.3) is 0 Å². The molecule has 24 heavy (non-hydrogen) atoms. The summed E-state index contributed by atoms with van der Waals surface area (Å²) in [6.07, 6.45) is 1.80. The number of ether oxygens (including phenoxy) is 1. The van der Waals surface area contributed by atoms with Gasteiger partial charge in [-0.25, -0.2) is 13.2 Å². The molecule has 0 radical (unpaired) electrons. The highest BCUT2D eigenvalue weighted by molar-refractivity contribution is 7.91. The van der Waals surface area contributed by atoms with Crippen LogP contribution in [0.5, 0.6) is 0 Å². The van der Waals surface area contributed by atoms with Crippen LogP contribution in [0.2, 0.25) is 0 Å². The Balaban J connectivity index is 1.99. The molecule has 1 heterocycles. The van der Waals surface area contributed by atoms with Gasteiger partial charge >= 0.3 is 6.09 Å². The molecule has 0 saturated carbocycles. The van der Waals surface area contributed by atoms with Crippen molar-refractivity contribution in [2.45, 2.75) is 63.5 Å². The van der Waals surface area contributed by atoms with Gasteiger partial charge in [-0.2, -0.15) is 0 Å². The van der Waals surface area contributed by atoms with Gasteiger partial charge in [0, 0.05) is 12.6 Å². The Morgan fingerprint density at radius 3 is 2.46 bits per heavy atom. The van der Waals surface area contributed by atoms with Gasteiger partial charge in [-0.15, -0.1) is 0 Å². The van der Waals surface area contributed by atoms with Crippen molar-refractivity contribution in [3.63, 3.8) is 0 Å². The van der Waals surface area contributed by atoms with Crippen molar-refractivity contribution in [1.29, 1.82) is 0 Å². The fraction of sp³-hybridized carbons (Fsp3) is 0.611. The van der Waals surface area contributed by atoms with E-state index in [-0.39, 0.29) is 17.9 Å². The van der Waals surface area contributed by atoms with E-state index < -0.39 is 15.4 Å². The third-order valence-electron chi connectivity index (χ3n) is 4.11. The van der Waals surface area contributed by atoms with Gasteiger partial charge in [0.1, 0.15) is 5.60 Å². The molecule has 0 N–H and O–H groups in total. The van der Waals surface area contributed by atoms with Crippen LogP contribution in [0.15, 0.2) is 29.2 Å². The van der Waals surface area contributed by atoms with E-state index >= 15 is 0 Å². The van der Waals surface area contributed by atoms with Crippen molar-refractivity contribution in [1.82, 2.24) is 4.90 Å². The van der Waals surface area contributed by atoms with E-state index in [1.54, 1.807) is 29.2 Å². The maximum Gasteiger partial charge on any atom is 0.410 e. The van der Waals surface area contributed by atoms with Crippen LogP contribution in [0, 0.1) is 6.92 Å². The molecule has 1 saturated heterocycles. The van der Waals surface area contributed by atoms with Crippen LogP contribution in [0.3, 0.4) is 0 Å². The number of aryl methyl sites for hydroxylation is 1. The van der Waals surface area contributed by atoms with Gasteiger partial charge in [-0.1, -0.05) is 17.7 Å². The molecular formula is C18H27NO4S. The summed E-state index contributed by atoms with van der Waals surface area (Å²) >= 11 is 0. The lowest BCUT2D eigenvalue weighted by Crippen LogP contribution is -2.40. The molecule has 5 nitrogen and oxygen atoms in total. The van der Waals surface area contributed by atoms with E-state index in [1.807, 2.05) is 27.7 Å². The maximum absolute atomic E-state index is 12.5. The Morgan fingerprint density at radius 2 is 1.88 bits per heavy atom. The van der Waals surface area contributed by atoms with Crippen molar-refractivity contribution < 1.29 is 17.9 Å². The van der Waals surface area contributed by atoms with Gasteiger partial charge in [-0.3, -0.25) is 0 Å². The summed E-state index contributed by atoms with van der Waals surface area (Å²) in [7, 11) is -3.33. The lowest BCUT2D eigenvalue weighted by molar-refractivity contribution is 0.0224. The molecule has 134 valence electrons. The molecule has 0 aliphatic carbocycles. The van der Waals surface area contributed by atoms with Gasteiger partial charge in [0.25, 0.3) is 0 Å². The minimum atomic E-state index is -3.33. The zero-order valence-electron chi connectivity index (χ0n) is 14.9. The van der Waals surface area contributed by atoms with E-state index in [9.17, 15) is 13.2 Å². The van der Waals surface area contributed by atoms with Gasteiger partial charge in [0.2, 0.25) is 0 Å². The average molecular weight is 353 g/mol. The first-order valence-electron chi connectivity index (χ1n) is 8.37. The largest absolute Gasteiger partial charge is 0.444 e. The second-order valence-corrected chi connectivity index (χ2v) is 9.50. The summed E-state index contributed by atoms with van der Waals surface area (Å²) in [5.74, 6) is 0.0417. The van der Waals surface area contributed by atoms with E-state index in [0.29, 0.717) is 17.9 Å². The highest BCUT2D eigenvalue weighted by Gasteiger charge is 2.33. The number of nitrogens with zero attached hydrogens (tertiary/aromatic N) is 1. The summed E-state index contributed by atoms with van der Waals surface area (Å²) in [6.45, 7) is 8.05. The molecule has 0 unspecified atom stereocenters. The van der Waals surface area contributed by atoms with Gasteiger partial charge in [0.05, 0.1) is 10.6 Å². The minimum Gasteiger partial charge on any atom is -0.444 e. The number of sulfone groups is 1. The summed E-state index contributed by atoms with van der Waals surface area (Å²) < 4.78 is 30.4. The molecule has 1 fully saturated rings. The topological polar surface area (TPSA) is 63.7 Å². The predicted molar refractivity (Wildman–Crippen MR) is 93.8 cm³/mol. The number of carbonyl (C=O) groups is 1. The fourth-order valence-electron chi connectivity index (χ4n) is 2.85. The van der Waals surface area contributed by atoms with E-state index in [0.717, 1.165) is 18.4 Å². The van der Waals surface area contributed by atoms with Crippen LogP contribution in [0.4, 0.5) is 4.79 Å². The zero-order chi connectivity index (χ0) is 18.0. The maximum atomic E-state index is 12.5. The van der Waals surface area contributed by atoms with Crippen molar-refractivity contribution in [3.8, 4) is 0 Å². The summed E-state index contributed by atoms with van der Waals surface area (Å²) in [6, 6.07) is 6.82. The van der Waals surface area contributed by atoms with Crippen LogP contribution < -0.4 is 0 Å². The normalized spacial score (nSPS) is 18.7. The number of rotatable bonds is 4. The highest BCUT2D eigenvalue weighted by atomic mass is 32.2. The number of likely N-dealkylation sites (tertiary alicyclic amines) is 1. The standard InChI is InChI=1S/C18H27NO4S/c1-14-7-9-16(10-8-14)24(21,22)13-11-15-6-5-12-19(15)17(20)23-18(2,3)4/h7-10,15H,5-6,11-13H2,1-4H3/t15-/m0/s1. The first kappa shape index (κ1) is 18.8. The molecule has 1 aliphatic rings. The molecule has 1 aromatic carbocycles. The first-order valence-corrected chi connectivity index (χ1v) is 10.0. The molecular weight excluding hydrogens is 326 g/mol. The van der Waals surface area contributed by atoms with Crippen LogP contribution >= 0.6 is 0 Å². The van der Waals surface area contributed by atoms with Crippen molar-refractivity contribution >= 4 is 15.9 Å². The Bertz CT molecular complexity index is 674. The van der Waals surface area contributed by atoms with Crippen molar-refractivity contribution in [3.05, 3.63) is 29.8 Å².